The van der Waals surface area contributed by atoms with E-state index in [1.54, 1.807) is 13.2 Å². The first-order valence-electron chi connectivity index (χ1n) is 8.90. The summed E-state index contributed by atoms with van der Waals surface area (Å²) < 4.78 is 5.13. The van der Waals surface area contributed by atoms with Crippen molar-refractivity contribution < 1.29 is 9.53 Å². The summed E-state index contributed by atoms with van der Waals surface area (Å²) in [5.74, 6) is 0.726. The Kier molecular flexibility index (Phi) is 5.54. The molecule has 2 aromatic rings. The average molecular weight is 335 g/mol. The minimum atomic E-state index is -0.0824. The smallest absolute Gasteiger partial charge is 0.244 e. The third-order valence-electron chi connectivity index (χ3n) is 4.77. The number of aryl methyl sites for hydroxylation is 2. The lowest BCUT2D eigenvalue weighted by atomic mass is 9.89. The van der Waals surface area contributed by atoms with Crippen LogP contribution in [-0.2, 0) is 17.6 Å². The number of hydrogen-bond donors (Lipinski definition) is 1. The monoisotopic (exact) mass is 335 g/mol. The summed E-state index contributed by atoms with van der Waals surface area (Å²) in [6.45, 7) is 2.03. The Labute approximate surface area is 149 Å². The zero-order valence-corrected chi connectivity index (χ0v) is 14.9. The zero-order valence-electron chi connectivity index (χ0n) is 14.9. The molecule has 25 heavy (non-hydrogen) atoms. The van der Waals surface area contributed by atoms with Gasteiger partial charge in [0, 0.05) is 6.08 Å². The molecule has 0 aliphatic heterocycles. The summed E-state index contributed by atoms with van der Waals surface area (Å²) in [7, 11) is 1.64. The van der Waals surface area contributed by atoms with Crippen LogP contribution >= 0.6 is 0 Å². The molecule has 0 unspecified atom stereocenters. The van der Waals surface area contributed by atoms with Crippen LogP contribution in [0.4, 0.5) is 0 Å². The molecule has 0 spiro atoms. The number of nitrogens with one attached hydrogen (secondary N) is 1. The van der Waals surface area contributed by atoms with E-state index in [-0.39, 0.29) is 11.9 Å². The van der Waals surface area contributed by atoms with E-state index >= 15 is 0 Å². The van der Waals surface area contributed by atoms with E-state index in [1.807, 2.05) is 37.3 Å². The van der Waals surface area contributed by atoms with E-state index in [1.165, 1.54) is 36.0 Å². The largest absolute Gasteiger partial charge is 0.497 e. The third-order valence-corrected chi connectivity index (χ3v) is 4.77. The molecule has 0 aromatic heterocycles. The van der Waals surface area contributed by atoms with Crippen molar-refractivity contribution in [3.63, 3.8) is 0 Å². The number of carbonyl (C=O) groups is 1. The highest BCUT2D eigenvalue weighted by Gasteiger charge is 2.13. The Morgan fingerprint density at radius 1 is 1.08 bits per heavy atom. The molecule has 3 nitrogen and oxygen atoms in total. The summed E-state index contributed by atoms with van der Waals surface area (Å²) in [5, 5.41) is 3.05. The van der Waals surface area contributed by atoms with Crippen molar-refractivity contribution in [2.45, 2.75) is 38.6 Å². The van der Waals surface area contributed by atoms with E-state index in [4.69, 9.17) is 4.74 Å². The van der Waals surface area contributed by atoms with Gasteiger partial charge >= 0.3 is 0 Å². The summed E-state index contributed by atoms with van der Waals surface area (Å²) in [4.78, 5) is 12.2. The Morgan fingerprint density at radius 2 is 1.80 bits per heavy atom. The first-order chi connectivity index (χ1) is 12.2. The van der Waals surface area contributed by atoms with E-state index in [9.17, 15) is 4.79 Å². The Hall–Kier alpha value is -2.55. The molecule has 0 radical (unpaired) electrons. The fraction of sp³-hybridized carbons (Fsp3) is 0.318. The van der Waals surface area contributed by atoms with Crippen molar-refractivity contribution in [2.24, 2.45) is 0 Å². The van der Waals surface area contributed by atoms with Gasteiger partial charge < -0.3 is 10.1 Å². The molecular weight excluding hydrogens is 310 g/mol. The first kappa shape index (κ1) is 17.3. The highest BCUT2D eigenvalue weighted by Crippen LogP contribution is 2.24. The molecule has 1 atom stereocenters. The molecule has 2 aromatic carbocycles. The van der Waals surface area contributed by atoms with Crippen molar-refractivity contribution in [2.75, 3.05) is 7.11 Å². The maximum absolute atomic E-state index is 12.2. The van der Waals surface area contributed by atoms with Crippen molar-refractivity contribution in [1.29, 1.82) is 0 Å². The number of fused-ring (bicyclic) bond motifs is 1. The molecule has 0 heterocycles. The molecule has 3 rings (SSSR count). The van der Waals surface area contributed by atoms with Crippen LogP contribution in [0.5, 0.6) is 5.75 Å². The van der Waals surface area contributed by atoms with Crippen LogP contribution in [0, 0.1) is 0 Å². The highest BCUT2D eigenvalue weighted by molar-refractivity contribution is 5.92. The fourth-order valence-electron chi connectivity index (χ4n) is 3.25. The second-order valence-electron chi connectivity index (χ2n) is 6.57. The van der Waals surface area contributed by atoms with Crippen LogP contribution in [0.25, 0.3) is 6.08 Å². The van der Waals surface area contributed by atoms with Gasteiger partial charge in [0.1, 0.15) is 5.75 Å². The van der Waals surface area contributed by atoms with Gasteiger partial charge in [-0.1, -0.05) is 30.3 Å². The van der Waals surface area contributed by atoms with Crippen LogP contribution in [0.2, 0.25) is 0 Å². The standard InChI is InChI=1S/C22H25NO2/c1-16(19-11-10-18-5-3-4-6-20(18)15-19)23-22(24)14-9-17-7-12-21(25-2)13-8-17/h7-16H,3-6H2,1-2H3,(H,23,24)/b14-9+/t16-/m1/s1. The van der Waals surface area contributed by atoms with E-state index in [2.05, 4.69) is 23.5 Å². The summed E-state index contributed by atoms with van der Waals surface area (Å²) in [5.41, 5.74) is 5.05. The van der Waals surface area contributed by atoms with E-state index < -0.39 is 0 Å². The SMILES string of the molecule is COc1ccc(/C=C/C(=O)N[C@H](C)c2ccc3c(c2)CCCC3)cc1. The number of benzene rings is 2. The molecule has 1 aliphatic rings. The second kappa shape index (κ2) is 8.02. The Bertz CT molecular complexity index is 762. The fourth-order valence-corrected chi connectivity index (χ4v) is 3.25. The van der Waals surface area contributed by atoms with Crippen molar-refractivity contribution in [3.05, 3.63) is 70.8 Å². The maximum atomic E-state index is 12.2. The van der Waals surface area contributed by atoms with Crippen LogP contribution in [0.1, 0.15) is 48.1 Å². The predicted octanol–water partition coefficient (Wildman–Crippen LogP) is 4.46. The molecule has 0 saturated carbocycles. The number of amides is 1. The van der Waals surface area contributed by atoms with Gasteiger partial charge in [-0.2, -0.15) is 0 Å². The first-order valence-corrected chi connectivity index (χ1v) is 8.90. The average Bonchev–Trinajstić information content (AvgIpc) is 2.66. The molecule has 0 bridgehead atoms. The second-order valence-corrected chi connectivity index (χ2v) is 6.57. The number of rotatable bonds is 5. The zero-order chi connectivity index (χ0) is 17.6. The lowest BCUT2D eigenvalue weighted by molar-refractivity contribution is -0.117. The van der Waals surface area contributed by atoms with Crippen LogP contribution in [0.15, 0.2) is 48.5 Å². The van der Waals surface area contributed by atoms with Crippen molar-refractivity contribution in [3.8, 4) is 5.75 Å². The van der Waals surface area contributed by atoms with Gasteiger partial charge in [-0.15, -0.1) is 0 Å². The molecule has 1 N–H and O–H groups in total. The molecule has 1 aliphatic carbocycles. The van der Waals surface area contributed by atoms with Gasteiger partial charge in [0.15, 0.2) is 0 Å². The molecule has 3 heteroatoms. The van der Waals surface area contributed by atoms with Gasteiger partial charge in [0.2, 0.25) is 5.91 Å². The summed E-state index contributed by atoms with van der Waals surface area (Å²) >= 11 is 0. The lowest BCUT2D eigenvalue weighted by Crippen LogP contribution is -2.24. The molecule has 1 amide bonds. The molecule has 130 valence electrons. The topological polar surface area (TPSA) is 38.3 Å². The molecule has 0 fully saturated rings. The quantitative estimate of drug-likeness (QED) is 0.819. The van der Waals surface area contributed by atoms with Gasteiger partial charge in [0.05, 0.1) is 13.2 Å². The minimum absolute atomic E-state index is 0.000226. The highest BCUT2D eigenvalue weighted by atomic mass is 16.5. The van der Waals surface area contributed by atoms with E-state index in [0.717, 1.165) is 17.7 Å². The Balaban J connectivity index is 1.60. The normalized spacial score (nSPS) is 14.8. The summed E-state index contributed by atoms with van der Waals surface area (Å²) in [6, 6.07) is 14.2. The van der Waals surface area contributed by atoms with Crippen LogP contribution < -0.4 is 10.1 Å². The third kappa shape index (κ3) is 4.50. The Morgan fingerprint density at radius 3 is 2.52 bits per heavy atom. The maximum Gasteiger partial charge on any atom is 0.244 e. The molecular formula is C22H25NO2. The summed E-state index contributed by atoms with van der Waals surface area (Å²) in [6.07, 6.45) is 8.28. The number of ether oxygens (including phenoxy) is 1. The van der Waals surface area contributed by atoms with Gasteiger partial charge in [-0.05, 0) is 73.1 Å². The predicted molar refractivity (Wildman–Crippen MR) is 102 cm³/mol. The lowest BCUT2D eigenvalue weighted by Gasteiger charge is -2.19. The van der Waals surface area contributed by atoms with Crippen LogP contribution in [-0.4, -0.2) is 13.0 Å². The number of carbonyl (C=O) groups excluding carboxylic acids is 1. The number of methoxy groups -OCH3 is 1. The van der Waals surface area contributed by atoms with Crippen molar-refractivity contribution >= 4 is 12.0 Å². The van der Waals surface area contributed by atoms with E-state index in [0.29, 0.717) is 0 Å². The minimum Gasteiger partial charge on any atom is -0.497 e. The van der Waals surface area contributed by atoms with Gasteiger partial charge in [0.25, 0.3) is 0 Å². The van der Waals surface area contributed by atoms with Crippen LogP contribution in [0.3, 0.4) is 0 Å². The number of hydrogen-bond acceptors (Lipinski definition) is 2. The van der Waals surface area contributed by atoms with Gasteiger partial charge in [-0.25, -0.2) is 0 Å². The van der Waals surface area contributed by atoms with Crippen molar-refractivity contribution in [1.82, 2.24) is 5.32 Å². The van der Waals surface area contributed by atoms with Gasteiger partial charge in [-0.3, -0.25) is 4.79 Å². The molecule has 0 saturated heterocycles.